The van der Waals surface area contributed by atoms with Gasteiger partial charge in [0.1, 0.15) is 0 Å². The highest BCUT2D eigenvalue weighted by Gasteiger charge is 2.07. The third-order valence-corrected chi connectivity index (χ3v) is 3.02. The molecule has 0 saturated heterocycles. The molecule has 0 saturated carbocycles. The molecule has 0 aliphatic heterocycles. The van der Waals surface area contributed by atoms with Crippen molar-refractivity contribution >= 4 is 0 Å². The van der Waals surface area contributed by atoms with Crippen LogP contribution in [0.5, 0.6) is 0 Å². The van der Waals surface area contributed by atoms with E-state index in [2.05, 4.69) is 20.4 Å². The van der Waals surface area contributed by atoms with Gasteiger partial charge in [-0.25, -0.2) is 0 Å². The van der Waals surface area contributed by atoms with Crippen LogP contribution in [0, 0.1) is 12.1 Å². The largest absolute Gasteiger partial charge is 0.619 e. The standard InChI is InChI=1S/C14H14N6O/c1-11-7-13(9-15-8-11)14-16-18-20(17-14)6-4-12-3-2-5-19(21)10-12/h2-3,5,7-10H,4,6H2,1H3. The normalized spacial score (nSPS) is 10.7. The molecule has 7 heteroatoms. The van der Waals surface area contributed by atoms with Crippen LogP contribution in [-0.2, 0) is 13.0 Å². The van der Waals surface area contributed by atoms with Crippen molar-refractivity contribution in [3.8, 4) is 11.4 Å². The molecule has 106 valence electrons. The minimum absolute atomic E-state index is 0.554. The first kappa shape index (κ1) is 13.2. The van der Waals surface area contributed by atoms with Gasteiger partial charge in [0.2, 0.25) is 5.82 Å². The van der Waals surface area contributed by atoms with Gasteiger partial charge in [-0.2, -0.15) is 9.53 Å². The zero-order valence-electron chi connectivity index (χ0n) is 11.5. The highest BCUT2D eigenvalue weighted by molar-refractivity contribution is 5.52. The zero-order chi connectivity index (χ0) is 14.7. The predicted octanol–water partition coefficient (Wildman–Crippen LogP) is 0.920. The predicted molar refractivity (Wildman–Crippen MR) is 74.9 cm³/mol. The number of hydrogen-bond acceptors (Lipinski definition) is 5. The molecule has 7 nitrogen and oxygen atoms in total. The highest BCUT2D eigenvalue weighted by atomic mass is 16.5. The minimum Gasteiger partial charge on any atom is -0.619 e. The molecule has 0 fully saturated rings. The summed E-state index contributed by atoms with van der Waals surface area (Å²) < 4.78 is 0.786. The lowest BCUT2D eigenvalue weighted by atomic mass is 10.2. The lowest BCUT2D eigenvalue weighted by molar-refractivity contribution is -0.605. The smallest absolute Gasteiger partial charge is 0.206 e. The minimum atomic E-state index is 0.554. The van der Waals surface area contributed by atoms with Gasteiger partial charge in [-0.3, -0.25) is 4.98 Å². The van der Waals surface area contributed by atoms with Gasteiger partial charge in [0.05, 0.1) is 6.54 Å². The second kappa shape index (κ2) is 5.66. The monoisotopic (exact) mass is 282 g/mol. The number of pyridine rings is 2. The molecule has 0 amide bonds. The topological polar surface area (TPSA) is 83.4 Å². The van der Waals surface area contributed by atoms with E-state index in [9.17, 15) is 5.21 Å². The molecule has 3 heterocycles. The van der Waals surface area contributed by atoms with Gasteiger partial charge in [0.25, 0.3) is 0 Å². The van der Waals surface area contributed by atoms with Crippen molar-refractivity contribution in [3.63, 3.8) is 0 Å². The van der Waals surface area contributed by atoms with Gasteiger partial charge >= 0.3 is 0 Å². The first-order valence-corrected chi connectivity index (χ1v) is 6.58. The van der Waals surface area contributed by atoms with E-state index >= 15 is 0 Å². The number of tetrazole rings is 1. The molecule has 0 unspecified atom stereocenters. The second-order valence-electron chi connectivity index (χ2n) is 4.78. The fourth-order valence-corrected chi connectivity index (χ4v) is 2.01. The van der Waals surface area contributed by atoms with Crippen molar-refractivity contribution in [1.29, 1.82) is 0 Å². The van der Waals surface area contributed by atoms with Crippen LogP contribution >= 0.6 is 0 Å². The van der Waals surface area contributed by atoms with Crippen molar-refractivity contribution in [2.75, 3.05) is 0 Å². The number of hydrogen-bond donors (Lipinski definition) is 0. The summed E-state index contributed by atoms with van der Waals surface area (Å²) in [6.07, 6.45) is 7.17. The van der Waals surface area contributed by atoms with Gasteiger partial charge in [0, 0.05) is 29.6 Å². The maximum atomic E-state index is 11.2. The van der Waals surface area contributed by atoms with E-state index in [4.69, 9.17) is 0 Å². The third kappa shape index (κ3) is 3.19. The molecule has 3 aromatic rings. The molecule has 0 aliphatic carbocycles. The Bertz CT molecular complexity index is 754. The van der Waals surface area contributed by atoms with E-state index in [0.29, 0.717) is 18.8 Å². The molecule has 0 atom stereocenters. The molecule has 0 N–H and O–H groups in total. The van der Waals surface area contributed by atoms with Crippen LogP contribution in [-0.4, -0.2) is 25.2 Å². The summed E-state index contributed by atoms with van der Waals surface area (Å²) in [5.74, 6) is 0.554. The van der Waals surface area contributed by atoms with Crippen molar-refractivity contribution in [1.82, 2.24) is 25.2 Å². The second-order valence-corrected chi connectivity index (χ2v) is 4.78. The van der Waals surface area contributed by atoms with Gasteiger partial charge in [-0.1, -0.05) is 0 Å². The van der Waals surface area contributed by atoms with Crippen molar-refractivity contribution in [2.24, 2.45) is 0 Å². The Kier molecular flexibility index (Phi) is 3.55. The summed E-state index contributed by atoms with van der Waals surface area (Å²) in [6.45, 7) is 2.53. The molecule has 0 radical (unpaired) electrons. The zero-order valence-corrected chi connectivity index (χ0v) is 11.5. The van der Waals surface area contributed by atoms with Crippen LogP contribution in [0.4, 0.5) is 0 Å². The first-order valence-electron chi connectivity index (χ1n) is 6.58. The lowest BCUT2D eigenvalue weighted by Gasteiger charge is -2.00. The van der Waals surface area contributed by atoms with E-state index in [1.165, 1.54) is 11.0 Å². The molecule has 0 spiro atoms. The fraction of sp³-hybridized carbons (Fsp3) is 0.214. The number of rotatable bonds is 4. The van der Waals surface area contributed by atoms with Crippen LogP contribution in [0.3, 0.4) is 0 Å². The third-order valence-electron chi connectivity index (χ3n) is 3.02. The average Bonchev–Trinajstić information content (AvgIpc) is 2.94. The van der Waals surface area contributed by atoms with E-state index in [1.807, 2.05) is 19.1 Å². The Morgan fingerprint density at radius 2 is 2.24 bits per heavy atom. The van der Waals surface area contributed by atoms with Crippen LogP contribution in [0.25, 0.3) is 11.4 Å². The van der Waals surface area contributed by atoms with E-state index in [0.717, 1.165) is 21.4 Å². The molecule has 0 bridgehead atoms. The summed E-state index contributed by atoms with van der Waals surface area (Å²) >= 11 is 0. The molecule has 0 aliphatic rings. The SMILES string of the molecule is Cc1cncc(-c2nnn(CCc3ccc[n+]([O-])c3)n2)c1. The summed E-state index contributed by atoms with van der Waals surface area (Å²) in [7, 11) is 0. The van der Waals surface area contributed by atoms with Crippen LogP contribution in [0.1, 0.15) is 11.1 Å². The summed E-state index contributed by atoms with van der Waals surface area (Å²) in [5, 5.41) is 23.6. The maximum Gasteiger partial charge on any atom is 0.206 e. The molecule has 3 rings (SSSR count). The van der Waals surface area contributed by atoms with E-state index in [-0.39, 0.29) is 0 Å². The first-order chi connectivity index (χ1) is 10.2. The summed E-state index contributed by atoms with van der Waals surface area (Å²) in [6, 6.07) is 5.59. The van der Waals surface area contributed by atoms with Gasteiger partial charge in [-0.05, 0) is 36.3 Å². The average molecular weight is 282 g/mol. The van der Waals surface area contributed by atoms with E-state index in [1.54, 1.807) is 24.7 Å². The molecular weight excluding hydrogens is 268 g/mol. The number of aromatic nitrogens is 6. The van der Waals surface area contributed by atoms with E-state index < -0.39 is 0 Å². The molecular formula is C14H14N6O. The van der Waals surface area contributed by atoms with Crippen LogP contribution in [0.2, 0.25) is 0 Å². The Labute approximate surface area is 121 Å². The Balaban J connectivity index is 1.71. The Hall–Kier alpha value is -2.83. The Morgan fingerprint density at radius 1 is 1.33 bits per heavy atom. The molecule has 21 heavy (non-hydrogen) atoms. The van der Waals surface area contributed by atoms with Gasteiger partial charge in [0.15, 0.2) is 12.4 Å². The van der Waals surface area contributed by atoms with Gasteiger partial charge in [-0.15, -0.1) is 10.2 Å². The number of nitrogens with zero attached hydrogens (tertiary/aromatic N) is 6. The van der Waals surface area contributed by atoms with Crippen molar-refractivity contribution in [3.05, 3.63) is 59.3 Å². The Morgan fingerprint density at radius 3 is 3.05 bits per heavy atom. The number of aryl methyl sites for hydroxylation is 3. The van der Waals surface area contributed by atoms with Crippen LogP contribution in [0.15, 0.2) is 43.0 Å². The lowest BCUT2D eigenvalue weighted by Crippen LogP contribution is -2.25. The summed E-state index contributed by atoms with van der Waals surface area (Å²) in [5.41, 5.74) is 2.83. The molecule has 3 aromatic heterocycles. The highest BCUT2D eigenvalue weighted by Crippen LogP contribution is 2.13. The van der Waals surface area contributed by atoms with Crippen LogP contribution < -0.4 is 4.73 Å². The fourth-order valence-electron chi connectivity index (χ4n) is 2.01. The van der Waals surface area contributed by atoms with Gasteiger partial charge < -0.3 is 5.21 Å². The maximum absolute atomic E-state index is 11.2. The van der Waals surface area contributed by atoms with Crippen molar-refractivity contribution < 1.29 is 4.73 Å². The molecule has 0 aromatic carbocycles. The summed E-state index contributed by atoms with van der Waals surface area (Å²) in [4.78, 5) is 5.65. The van der Waals surface area contributed by atoms with Crippen molar-refractivity contribution in [2.45, 2.75) is 19.9 Å². The quantitative estimate of drug-likeness (QED) is 0.525.